The second-order valence-corrected chi connectivity index (χ2v) is 10.0. The first-order chi connectivity index (χ1) is 16.4. The van der Waals surface area contributed by atoms with Crippen molar-refractivity contribution in [1.82, 2.24) is 24.3 Å². The van der Waals surface area contributed by atoms with Crippen molar-refractivity contribution in [2.75, 3.05) is 25.9 Å². The third-order valence-electron chi connectivity index (χ3n) is 6.59. The summed E-state index contributed by atoms with van der Waals surface area (Å²) < 4.78 is 32.2. The Labute approximate surface area is 200 Å². The van der Waals surface area contributed by atoms with Gasteiger partial charge in [0.15, 0.2) is 0 Å². The lowest BCUT2D eigenvalue weighted by Gasteiger charge is -2.29. The zero-order valence-corrected chi connectivity index (χ0v) is 19.8. The SMILES string of the molecule is Cc1c(-c2cc(SC3C(C#N)=CC(F)=CC3F)c3c(N)cnn3c2)cnn1C1CCN(C)CC1. The molecule has 2 atom stereocenters. The van der Waals surface area contributed by atoms with Crippen LogP contribution in [-0.4, -0.2) is 55.9 Å². The fourth-order valence-corrected chi connectivity index (χ4v) is 5.96. The van der Waals surface area contributed by atoms with E-state index in [2.05, 4.69) is 28.7 Å². The average molecular weight is 482 g/mol. The van der Waals surface area contributed by atoms with Crippen molar-refractivity contribution in [3.05, 3.63) is 53.9 Å². The smallest absolute Gasteiger partial charge is 0.138 e. The van der Waals surface area contributed by atoms with Crippen LogP contribution >= 0.6 is 11.8 Å². The number of alkyl halides is 1. The van der Waals surface area contributed by atoms with E-state index in [-0.39, 0.29) is 5.57 Å². The largest absolute Gasteiger partial charge is 0.396 e. The minimum Gasteiger partial charge on any atom is -0.396 e. The van der Waals surface area contributed by atoms with Crippen LogP contribution < -0.4 is 5.73 Å². The molecule has 10 heteroatoms. The summed E-state index contributed by atoms with van der Waals surface area (Å²) in [6.45, 7) is 4.13. The molecule has 0 bridgehead atoms. The minimum atomic E-state index is -1.63. The van der Waals surface area contributed by atoms with E-state index in [9.17, 15) is 14.0 Å². The van der Waals surface area contributed by atoms with Crippen LogP contribution in [0.1, 0.15) is 24.6 Å². The number of likely N-dealkylation sites (tertiary alicyclic amines) is 1. The van der Waals surface area contributed by atoms with Gasteiger partial charge in [-0.2, -0.15) is 15.5 Å². The third kappa shape index (κ3) is 3.99. The number of nitrogen functional groups attached to an aromatic ring is 1. The van der Waals surface area contributed by atoms with Crippen molar-refractivity contribution in [2.45, 2.75) is 42.1 Å². The lowest BCUT2D eigenvalue weighted by Crippen LogP contribution is -2.32. The van der Waals surface area contributed by atoms with Gasteiger partial charge in [0.05, 0.1) is 35.4 Å². The van der Waals surface area contributed by atoms with E-state index >= 15 is 0 Å². The van der Waals surface area contributed by atoms with Crippen LogP contribution in [0, 0.1) is 18.3 Å². The number of rotatable bonds is 4. The number of aromatic nitrogens is 4. The monoisotopic (exact) mass is 481 g/mol. The van der Waals surface area contributed by atoms with Gasteiger partial charge in [-0.15, -0.1) is 11.8 Å². The summed E-state index contributed by atoms with van der Waals surface area (Å²) in [5.41, 5.74) is 10.2. The molecule has 176 valence electrons. The maximum Gasteiger partial charge on any atom is 0.138 e. The summed E-state index contributed by atoms with van der Waals surface area (Å²) in [7, 11) is 2.13. The van der Waals surface area contributed by atoms with E-state index in [0.29, 0.717) is 22.1 Å². The Morgan fingerprint density at radius 1 is 1.24 bits per heavy atom. The molecule has 3 aromatic heterocycles. The maximum absolute atomic E-state index is 14.8. The van der Waals surface area contributed by atoms with Gasteiger partial charge >= 0.3 is 0 Å². The fourth-order valence-electron chi connectivity index (χ4n) is 4.71. The van der Waals surface area contributed by atoms with E-state index in [1.165, 1.54) is 0 Å². The number of halogens is 2. The van der Waals surface area contributed by atoms with E-state index in [1.807, 2.05) is 24.5 Å². The molecule has 5 rings (SSSR count). The normalized spacial score (nSPS) is 22.0. The maximum atomic E-state index is 14.8. The van der Waals surface area contributed by atoms with Gasteiger partial charge in [0.25, 0.3) is 0 Å². The molecular formula is C24H25F2N7S. The van der Waals surface area contributed by atoms with Crippen LogP contribution in [0.3, 0.4) is 0 Å². The summed E-state index contributed by atoms with van der Waals surface area (Å²) in [5.74, 6) is -0.736. The average Bonchev–Trinajstić information content (AvgIpc) is 3.38. The van der Waals surface area contributed by atoms with Gasteiger partial charge < -0.3 is 10.6 Å². The van der Waals surface area contributed by atoms with Crippen molar-refractivity contribution in [3.8, 4) is 17.2 Å². The summed E-state index contributed by atoms with van der Waals surface area (Å²) in [5, 5.41) is 17.6. The Bertz CT molecular complexity index is 1340. The number of allylic oxidation sites excluding steroid dienone is 3. The van der Waals surface area contributed by atoms with Gasteiger partial charge in [-0.25, -0.2) is 13.3 Å². The van der Waals surface area contributed by atoms with Gasteiger partial charge in [-0.05, 0) is 58.1 Å². The Morgan fingerprint density at radius 3 is 2.74 bits per heavy atom. The Kier molecular flexibility index (Phi) is 5.91. The molecule has 0 spiro atoms. The summed E-state index contributed by atoms with van der Waals surface area (Å²) >= 11 is 1.15. The highest BCUT2D eigenvalue weighted by Crippen LogP contribution is 2.41. The van der Waals surface area contributed by atoms with Crippen molar-refractivity contribution < 1.29 is 8.78 Å². The number of anilines is 1. The third-order valence-corrected chi connectivity index (χ3v) is 7.92. The molecule has 0 radical (unpaired) electrons. The number of piperidine rings is 1. The van der Waals surface area contributed by atoms with Gasteiger partial charge in [-0.3, -0.25) is 4.68 Å². The van der Waals surface area contributed by atoms with Crippen molar-refractivity contribution >= 4 is 23.0 Å². The number of pyridine rings is 1. The van der Waals surface area contributed by atoms with Crippen molar-refractivity contribution in [3.63, 3.8) is 0 Å². The number of nitrogens with two attached hydrogens (primary N) is 1. The standard InChI is InChI=1S/C24H25F2N7S/c1-14-19(11-30-33(14)18-3-5-31(2)6-4-18)16-8-22(23-21(28)12-29-32(23)13-16)34-24-15(10-27)7-17(25)9-20(24)26/h7-9,11-13,18,20,24H,3-6,28H2,1-2H3. The number of hydrogen-bond donors (Lipinski definition) is 1. The van der Waals surface area contributed by atoms with Crippen LogP contribution in [0.15, 0.2) is 53.1 Å². The highest BCUT2D eigenvalue weighted by Gasteiger charge is 2.30. The van der Waals surface area contributed by atoms with E-state index in [4.69, 9.17) is 10.8 Å². The first-order valence-electron chi connectivity index (χ1n) is 11.2. The van der Waals surface area contributed by atoms with Crippen molar-refractivity contribution in [1.29, 1.82) is 5.26 Å². The number of thioether (sulfide) groups is 1. The Balaban J connectivity index is 1.54. The fraction of sp³-hybridized carbons (Fsp3) is 0.375. The summed E-state index contributed by atoms with van der Waals surface area (Å²) in [4.78, 5) is 2.99. The molecule has 1 aliphatic heterocycles. The lowest BCUT2D eigenvalue weighted by atomic mass is 10.0. The number of fused-ring (bicyclic) bond motifs is 1. The molecule has 1 fully saturated rings. The first kappa shape index (κ1) is 22.6. The molecule has 0 amide bonds. The highest BCUT2D eigenvalue weighted by molar-refractivity contribution is 8.00. The molecule has 1 saturated heterocycles. The molecule has 4 heterocycles. The van der Waals surface area contributed by atoms with Crippen molar-refractivity contribution in [2.24, 2.45) is 0 Å². The topological polar surface area (TPSA) is 88.2 Å². The lowest BCUT2D eigenvalue weighted by molar-refractivity contribution is 0.210. The van der Waals surface area contributed by atoms with Crippen LogP contribution in [0.2, 0.25) is 0 Å². The predicted octanol–water partition coefficient (Wildman–Crippen LogP) is 4.47. The van der Waals surface area contributed by atoms with Gasteiger partial charge in [0, 0.05) is 33.5 Å². The molecule has 2 unspecified atom stereocenters. The molecule has 2 N–H and O–H groups in total. The molecular weight excluding hydrogens is 456 g/mol. The van der Waals surface area contributed by atoms with Crippen LogP contribution in [0.5, 0.6) is 0 Å². The summed E-state index contributed by atoms with van der Waals surface area (Å²) in [6, 6.07) is 4.22. The molecule has 1 aliphatic carbocycles. The van der Waals surface area contributed by atoms with E-state index in [0.717, 1.165) is 66.7 Å². The zero-order valence-electron chi connectivity index (χ0n) is 18.9. The summed E-state index contributed by atoms with van der Waals surface area (Å²) in [6.07, 6.45) is 7.72. The van der Waals surface area contributed by atoms with Crippen LogP contribution in [0.25, 0.3) is 16.6 Å². The minimum absolute atomic E-state index is 0.0467. The molecule has 3 aromatic rings. The molecule has 7 nitrogen and oxygen atoms in total. The van der Waals surface area contributed by atoms with Gasteiger partial charge in [0.2, 0.25) is 0 Å². The van der Waals surface area contributed by atoms with Crippen LogP contribution in [-0.2, 0) is 0 Å². The van der Waals surface area contributed by atoms with E-state index < -0.39 is 17.2 Å². The zero-order chi connectivity index (χ0) is 24.0. The van der Waals surface area contributed by atoms with Gasteiger partial charge in [-0.1, -0.05) is 0 Å². The quantitative estimate of drug-likeness (QED) is 0.592. The van der Waals surface area contributed by atoms with E-state index in [1.54, 1.807) is 10.7 Å². The highest BCUT2D eigenvalue weighted by atomic mass is 32.2. The number of nitriles is 1. The first-order valence-corrected chi connectivity index (χ1v) is 12.0. The Hall–Kier alpha value is -3.16. The number of nitrogens with zero attached hydrogens (tertiary/aromatic N) is 6. The second-order valence-electron chi connectivity index (χ2n) is 8.85. The number of hydrogen-bond acceptors (Lipinski definition) is 6. The van der Waals surface area contributed by atoms with Gasteiger partial charge in [0.1, 0.15) is 17.5 Å². The Morgan fingerprint density at radius 2 is 2.00 bits per heavy atom. The predicted molar refractivity (Wildman–Crippen MR) is 129 cm³/mol. The molecule has 0 saturated carbocycles. The second kappa shape index (κ2) is 8.89. The molecule has 0 aromatic carbocycles. The molecule has 2 aliphatic rings. The molecule has 34 heavy (non-hydrogen) atoms. The van der Waals surface area contributed by atoms with Crippen LogP contribution in [0.4, 0.5) is 14.5 Å².